The Morgan fingerprint density at radius 1 is 0.914 bits per heavy atom. The van der Waals surface area contributed by atoms with Crippen molar-refractivity contribution >= 4 is 18.0 Å². The number of aliphatic carboxylic acids is 1. The SMILES string of the molecule is CCC(C)(NC(=O)c1ccc(CNC(=O)OCC2c3ccccc3-c3ccccc32)cc1)C(=O)O. The third kappa shape index (κ3) is 5.04. The minimum atomic E-state index is -1.33. The van der Waals surface area contributed by atoms with Crippen LogP contribution in [0.25, 0.3) is 11.1 Å². The van der Waals surface area contributed by atoms with Crippen molar-refractivity contribution in [2.75, 3.05) is 6.61 Å². The summed E-state index contributed by atoms with van der Waals surface area (Å²) in [6, 6.07) is 22.9. The number of amides is 2. The van der Waals surface area contributed by atoms with Crippen molar-refractivity contribution in [2.24, 2.45) is 0 Å². The van der Waals surface area contributed by atoms with Gasteiger partial charge in [-0.1, -0.05) is 67.6 Å². The van der Waals surface area contributed by atoms with Gasteiger partial charge in [0, 0.05) is 18.0 Å². The third-order valence-corrected chi connectivity index (χ3v) is 6.57. The maximum atomic E-state index is 12.4. The van der Waals surface area contributed by atoms with Gasteiger partial charge in [-0.2, -0.15) is 0 Å². The van der Waals surface area contributed by atoms with Crippen LogP contribution in [0.1, 0.15) is 53.2 Å². The Hall–Kier alpha value is -4.13. The van der Waals surface area contributed by atoms with Crippen molar-refractivity contribution in [1.82, 2.24) is 10.6 Å². The normalized spacial score (nSPS) is 13.8. The lowest BCUT2D eigenvalue weighted by molar-refractivity contribution is -0.143. The molecule has 3 aromatic carbocycles. The van der Waals surface area contributed by atoms with E-state index in [1.165, 1.54) is 18.1 Å². The van der Waals surface area contributed by atoms with Gasteiger partial charge in [-0.05, 0) is 53.3 Å². The van der Waals surface area contributed by atoms with Crippen LogP contribution in [0.4, 0.5) is 4.79 Å². The van der Waals surface area contributed by atoms with Gasteiger partial charge in [-0.3, -0.25) is 4.79 Å². The molecule has 180 valence electrons. The lowest BCUT2D eigenvalue weighted by atomic mass is 9.98. The van der Waals surface area contributed by atoms with Crippen LogP contribution in [-0.2, 0) is 16.1 Å². The van der Waals surface area contributed by atoms with Crippen LogP contribution in [-0.4, -0.2) is 35.2 Å². The topological polar surface area (TPSA) is 105 Å². The van der Waals surface area contributed by atoms with Gasteiger partial charge in [-0.15, -0.1) is 0 Å². The Morgan fingerprint density at radius 3 is 2.03 bits per heavy atom. The highest BCUT2D eigenvalue weighted by atomic mass is 16.5. The minimum absolute atomic E-state index is 0.00875. The molecule has 1 aliphatic rings. The van der Waals surface area contributed by atoms with Crippen molar-refractivity contribution in [3.63, 3.8) is 0 Å². The Morgan fingerprint density at radius 2 is 1.49 bits per heavy atom. The second kappa shape index (κ2) is 10.0. The predicted molar refractivity (Wildman–Crippen MR) is 132 cm³/mol. The van der Waals surface area contributed by atoms with Gasteiger partial charge in [0.1, 0.15) is 12.1 Å². The fraction of sp³-hybridized carbons (Fsp3) is 0.250. The molecule has 1 atom stereocenters. The molecular weight excluding hydrogens is 444 g/mol. The molecule has 7 nitrogen and oxygen atoms in total. The average molecular weight is 473 g/mol. The zero-order chi connectivity index (χ0) is 25.0. The van der Waals surface area contributed by atoms with Gasteiger partial charge < -0.3 is 20.5 Å². The van der Waals surface area contributed by atoms with Crippen molar-refractivity contribution in [3.05, 3.63) is 95.1 Å². The van der Waals surface area contributed by atoms with E-state index in [0.717, 1.165) is 16.7 Å². The molecule has 7 heteroatoms. The standard InChI is InChI=1S/C28H28N2O5/c1-3-28(2,26(32)33)30-25(31)19-14-12-18(13-15-19)16-29-27(34)35-17-24-22-10-6-4-8-20(22)21-9-5-7-11-23(21)24/h4-15,24H,3,16-17H2,1-2H3,(H,29,34)(H,30,31)(H,32,33). The van der Waals surface area contributed by atoms with Gasteiger partial charge in [0.2, 0.25) is 0 Å². The van der Waals surface area contributed by atoms with E-state index in [2.05, 4.69) is 34.9 Å². The van der Waals surface area contributed by atoms with Gasteiger partial charge in [0.15, 0.2) is 0 Å². The number of ether oxygens (including phenoxy) is 1. The number of carboxylic acids is 1. The number of hydrogen-bond acceptors (Lipinski definition) is 4. The molecule has 0 aliphatic heterocycles. The summed E-state index contributed by atoms with van der Waals surface area (Å²) in [5, 5.41) is 14.6. The third-order valence-electron chi connectivity index (χ3n) is 6.57. The molecule has 3 N–H and O–H groups in total. The maximum absolute atomic E-state index is 12.4. The van der Waals surface area contributed by atoms with Gasteiger partial charge in [-0.25, -0.2) is 9.59 Å². The van der Waals surface area contributed by atoms with E-state index in [4.69, 9.17) is 4.74 Å². The smallest absolute Gasteiger partial charge is 0.407 e. The lowest BCUT2D eigenvalue weighted by Crippen LogP contribution is -2.51. The fourth-order valence-corrected chi connectivity index (χ4v) is 4.21. The van der Waals surface area contributed by atoms with E-state index in [-0.39, 0.29) is 25.5 Å². The molecule has 2 amide bonds. The monoisotopic (exact) mass is 472 g/mol. The van der Waals surface area contributed by atoms with Gasteiger partial charge in [0.25, 0.3) is 5.91 Å². The van der Waals surface area contributed by atoms with Gasteiger partial charge >= 0.3 is 12.1 Å². The largest absolute Gasteiger partial charge is 0.480 e. The van der Waals surface area contributed by atoms with Crippen molar-refractivity contribution in [2.45, 2.75) is 38.3 Å². The van der Waals surface area contributed by atoms with Crippen LogP contribution in [0, 0.1) is 0 Å². The first-order chi connectivity index (χ1) is 16.8. The molecule has 0 aromatic heterocycles. The Labute approximate surface area is 204 Å². The molecule has 0 fully saturated rings. The Bertz CT molecular complexity index is 1210. The minimum Gasteiger partial charge on any atom is -0.480 e. The second-order valence-electron chi connectivity index (χ2n) is 8.82. The Balaban J connectivity index is 1.31. The van der Waals surface area contributed by atoms with Crippen molar-refractivity contribution in [3.8, 4) is 11.1 Å². The average Bonchev–Trinajstić information content (AvgIpc) is 3.20. The number of benzene rings is 3. The fourth-order valence-electron chi connectivity index (χ4n) is 4.21. The van der Waals surface area contributed by atoms with Crippen molar-refractivity contribution in [1.29, 1.82) is 0 Å². The highest BCUT2D eigenvalue weighted by molar-refractivity contribution is 5.97. The zero-order valence-electron chi connectivity index (χ0n) is 19.7. The van der Waals surface area contributed by atoms with Crippen LogP contribution < -0.4 is 10.6 Å². The molecule has 3 aromatic rings. The maximum Gasteiger partial charge on any atom is 0.407 e. The summed E-state index contributed by atoms with van der Waals surface area (Å²) in [5.41, 5.74) is 4.44. The van der Waals surface area contributed by atoms with Crippen molar-refractivity contribution < 1.29 is 24.2 Å². The van der Waals surface area contributed by atoms with E-state index in [1.54, 1.807) is 31.2 Å². The molecule has 35 heavy (non-hydrogen) atoms. The number of fused-ring (bicyclic) bond motifs is 3. The number of nitrogens with one attached hydrogen (secondary N) is 2. The van der Waals surface area contributed by atoms with E-state index < -0.39 is 23.5 Å². The molecule has 4 rings (SSSR count). The number of carbonyl (C=O) groups is 3. The van der Waals surface area contributed by atoms with Crippen LogP contribution in [0.3, 0.4) is 0 Å². The number of carbonyl (C=O) groups excluding carboxylic acids is 2. The highest BCUT2D eigenvalue weighted by Gasteiger charge is 2.33. The van der Waals surface area contributed by atoms with E-state index >= 15 is 0 Å². The molecule has 0 saturated carbocycles. The van der Waals surface area contributed by atoms with E-state index in [9.17, 15) is 19.5 Å². The van der Waals surface area contributed by atoms with Crippen LogP contribution in [0.15, 0.2) is 72.8 Å². The molecule has 1 aliphatic carbocycles. The number of hydrogen-bond donors (Lipinski definition) is 3. The summed E-state index contributed by atoms with van der Waals surface area (Å²) < 4.78 is 5.54. The first kappa shape index (κ1) is 24.0. The first-order valence-corrected chi connectivity index (χ1v) is 11.6. The zero-order valence-corrected chi connectivity index (χ0v) is 19.7. The van der Waals surface area contributed by atoms with Crippen LogP contribution in [0.2, 0.25) is 0 Å². The lowest BCUT2D eigenvalue weighted by Gasteiger charge is -2.24. The molecule has 0 spiro atoms. The number of alkyl carbamates (subject to hydrolysis) is 1. The van der Waals surface area contributed by atoms with E-state index in [1.807, 2.05) is 24.3 Å². The summed E-state index contributed by atoms with van der Waals surface area (Å²) in [6.45, 7) is 3.64. The summed E-state index contributed by atoms with van der Waals surface area (Å²) in [4.78, 5) is 36.2. The molecule has 0 bridgehead atoms. The molecule has 0 heterocycles. The second-order valence-corrected chi connectivity index (χ2v) is 8.82. The number of carboxylic acid groups (broad SMARTS) is 1. The Kier molecular flexibility index (Phi) is 6.87. The molecule has 0 saturated heterocycles. The van der Waals surface area contributed by atoms with Crippen LogP contribution in [0.5, 0.6) is 0 Å². The summed E-state index contributed by atoms with van der Waals surface area (Å²) in [5.74, 6) is -1.56. The molecule has 1 unspecified atom stereocenters. The molecular formula is C28H28N2O5. The van der Waals surface area contributed by atoms with Gasteiger partial charge in [0.05, 0.1) is 0 Å². The summed E-state index contributed by atoms with van der Waals surface area (Å²) in [7, 11) is 0. The summed E-state index contributed by atoms with van der Waals surface area (Å²) in [6.07, 6.45) is -0.259. The quantitative estimate of drug-likeness (QED) is 0.440. The summed E-state index contributed by atoms with van der Waals surface area (Å²) >= 11 is 0. The first-order valence-electron chi connectivity index (χ1n) is 11.6. The number of rotatable bonds is 8. The van der Waals surface area contributed by atoms with Crippen LogP contribution >= 0.6 is 0 Å². The van der Waals surface area contributed by atoms with E-state index in [0.29, 0.717) is 5.56 Å². The molecule has 0 radical (unpaired) electrons. The predicted octanol–water partition coefficient (Wildman–Crippen LogP) is 4.71. The highest BCUT2D eigenvalue weighted by Crippen LogP contribution is 2.44.